The molecule has 1 rings (SSSR count). The van der Waals surface area contributed by atoms with Crippen LogP contribution in [0.3, 0.4) is 0 Å². The van der Waals surface area contributed by atoms with E-state index in [2.05, 4.69) is 5.32 Å². The Kier molecular flexibility index (Phi) is 5.56. The monoisotopic (exact) mass is 320 g/mol. The fourth-order valence-corrected chi connectivity index (χ4v) is 2.30. The van der Waals surface area contributed by atoms with Crippen LogP contribution in [0.1, 0.15) is 43.1 Å². The highest BCUT2D eigenvalue weighted by atomic mass is 19.4. The van der Waals surface area contributed by atoms with Gasteiger partial charge in [0.25, 0.3) is 5.91 Å². The third-order valence-electron chi connectivity index (χ3n) is 3.26. The normalized spacial score (nSPS) is 14.8. The molecular formula is C15H20F4N2O. The second-order valence-corrected chi connectivity index (χ2v) is 6.01. The Morgan fingerprint density at radius 2 is 1.91 bits per heavy atom. The number of nitrogens with one attached hydrogen (secondary N) is 1. The standard InChI is InChI=1S/C15H20F4N2O/c1-9(2)7-14(3,8-20)21-13(22)11-6-10(15(17,18)19)4-5-12(11)16/h4-6,9H,7-8,20H2,1-3H3,(H,21,22). The predicted molar refractivity (Wildman–Crippen MR) is 75.8 cm³/mol. The Labute approximate surface area is 126 Å². The van der Waals surface area contributed by atoms with Gasteiger partial charge in [-0.1, -0.05) is 13.8 Å². The first kappa shape index (κ1) is 18.4. The quantitative estimate of drug-likeness (QED) is 0.818. The Morgan fingerprint density at radius 3 is 2.36 bits per heavy atom. The maximum absolute atomic E-state index is 13.7. The highest BCUT2D eigenvalue weighted by Crippen LogP contribution is 2.30. The summed E-state index contributed by atoms with van der Waals surface area (Å²) in [6, 6.07) is 1.75. The third kappa shape index (κ3) is 4.69. The summed E-state index contributed by atoms with van der Waals surface area (Å²) in [5, 5.41) is 2.54. The van der Waals surface area contributed by atoms with Gasteiger partial charge in [0.1, 0.15) is 5.82 Å². The van der Waals surface area contributed by atoms with Crippen molar-refractivity contribution < 1.29 is 22.4 Å². The second kappa shape index (κ2) is 6.64. The molecule has 0 saturated heterocycles. The zero-order valence-electron chi connectivity index (χ0n) is 12.7. The number of carbonyl (C=O) groups is 1. The van der Waals surface area contributed by atoms with E-state index in [1.807, 2.05) is 13.8 Å². The third-order valence-corrected chi connectivity index (χ3v) is 3.26. The van der Waals surface area contributed by atoms with Crippen molar-refractivity contribution in [3.05, 3.63) is 35.1 Å². The van der Waals surface area contributed by atoms with Crippen molar-refractivity contribution in [2.75, 3.05) is 6.54 Å². The molecule has 0 aromatic heterocycles. The summed E-state index contributed by atoms with van der Waals surface area (Å²) < 4.78 is 51.7. The van der Waals surface area contributed by atoms with Crippen LogP contribution in [-0.2, 0) is 6.18 Å². The number of rotatable bonds is 5. The highest BCUT2D eigenvalue weighted by molar-refractivity contribution is 5.95. The molecule has 1 aromatic carbocycles. The number of hydrogen-bond donors (Lipinski definition) is 2. The van der Waals surface area contributed by atoms with Crippen molar-refractivity contribution in [2.24, 2.45) is 11.7 Å². The number of amides is 1. The molecule has 0 saturated carbocycles. The average molecular weight is 320 g/mol. The SMILES string of the molecule is CC(C)CC(C)(CN)NC(=O)c1cc(C(F)(F)F)ccc1F. The fraction of sp³-hybridized carbons (Fsp3) is 0.533. The molecular weight excluding hydrogens is 300 g/mol. The Balaban J connectivity index is 3.07. The van der Waals surface area contributed by atoms with E-state index >= 15 is 0 Å². The van der Waals surface area contributed by atoms with Crippen LogP contribution in [-0.4, -0.2) is 18.0 Å². The van der Waals surface area contributed by atoms with Crippen molar-refractivity contribution in [1.29, 1.82) is 0 Å². The van der Waals surface area contributed by atoms with Gasteiger partial charge in [-0.05, 0) is 37.5 Å². The molecule has 1 unspecified atom stereocenters. The first-order valence-corrected chi connectivity index (χ1v) is 6.88. The summed E-state index contributed by atoms with van der Waals surface area (Å²) in [6.07, 6.45) is -4.12. The van der Waals surface area contributed by atoms with Gasteiger partial charge in [-0.25, -0.2) is 4.39 Å². The smallest absolute Gasteiger partial charge is 0.346 e. The number of alkyl halides is 3. The molecule has 1 amide bonds. The highest BCUT2D eigenvalue weighted by Gasteiger charge is 2.33. The minimum absolute atomic E-state index is 0.0947. The average Bonchev–Trinajstić information content (AvgIpc) is 2.36. The number of hydrogen-bond acceptors (Lipinski definition) is 2. The molecule has 0 aliphatic rings. The lowest BCUT2D eigenvalue weighted by Crippen LogP contribution is -2.52. The van der Waals surface area contributed by atoms with Gasteiger partial charge < -0.3 is 11.1 Å². The van der Waals surface area contributed by atoms with E-state index in [1.54, 1.807) is 6.92 Å². The number of carbonyl (C=O) groups excluding carboxylic acids is 1. The molecule has 0 spiro atoms. The Hall–Kier alpha value is -1.63. The molecule has 0 radical (unpaired) electrons. The van der Waals surface area contributed by atoms with Crippen molar-refractivity contribution >= 4 is 5.91 Å². The zero-order chi connectivity index (χ0) is 17.1. The van der Waals surface area contributed by atoms with Crippen LogP contribution in [0.4, 0.5) is 17.6 Å². The van der Waals surface area contributed by atoms with Gasteiger partial charge >= 0.3 is 6.18 Å². The van der Waals surface area contributed by atoms with E-state index in [9.17, 15) is 22.4 Å². The molecule has 124 valence electrons. The van der Waals surface area contributed by atoms with Crippen LogP contribution in [0.25, 0.3) is 0 Å². The van der Waals surface area contributed by atoms with Crippen molar-refractivity contribution in [3.8, 4) is 0 Å². The van der Waals surface area contributed by atoms with Crippen LogP contribution in [0, 0.1) is 11.7 Å². The zero-order valence-corrected chi connectivity index (χ0v) is 12.7. The number of nitrogens with two attached hydrogens (primary N) is 1. The van der Waals surface area contributed by atoms with Gasteiger partial charge in [0, 0.05) is 12.1 Å². The lowest BCUT2D eigenvalue weighted by Gasteiger charge is -2.31. The largest absolute Gasteiger partial charge is 0.416 e. The molecule has 0 aliphatic carbocycles. The molecule has 3 nitrogen and oxygen atoms in total. The van der Waals surface area contributed by atoms with Crippen LogP contribution >= 0.6 is 0 Å². The van der Waals surface area contributed by atoms with Gasteiger partial charge in [0.2, 0.25) is 0 Å². The minimum atomic E-state index is -4.64. The first-order valence-electron chi connectivity index (χ1n) is 6.88. The van der Waals surface area contributed by atoms with E-state index < -0.39 is 34.6 Å². The molecule has 1 aromatic rings. The summed E-state index contributed by atoms with van der Waals surface area (Å²) in [5.74, 6) is -1.70. The van der Waals surface area contributed by atoms with E-state index in [0.29, 0.717) is 24.6 Å². The number of benzene rings is 1. The van der Waals surface area contributed by atoms with E-state index in [-0.39, 0.29) is 12.5 Å². The lowest BCUT2D eigenvalue weighted by molar-refractivity contribution is -0.137. The summed E-state index contributed by atoms with van der Waals surface area (Å²) >= 11 is 0. The maximum atomic E-state index is 13.7. The lowest BCUT2D eigenvalue weighted by atomic mass is 9.90. The molecule has 0 fully saturated rings. The van der Waals surface area contributed by atoms with Gasteiger partial charge in [0.15, 0.2) is 0 Å². The first-order chi connectivity index (χ1) is 9.98. The Bertz CT molecular complexity index is 543. The van der Waals surface area contributed by atoms with Crippen LogP contribution in [0.5, 0.6) is 0 Å². The van der Waals surface area contributed by atoms with Gasteiger partial charge in [-0.3, -0.25) is 4.79 Å². The maximum Gasteiger partial charge on any atom is 0.416 e. The summed E-state index contributed by atoms with van der Waals surface area (Å²) in [4.78, 5) is 12.1. The second-order valence-electron chi connectivity index (χ2n) is 6.01. The van der Waals surface area contributed by atoms with E-state index in [1.165, 1.54) is 0 Å². The van der Waals surface area contributed by atoms with E-state index in [0.717, 1.165) is 0 Å². The molecule has 0 heterocycles. The van der Waals surface area contributed by atoms with Crippen molar-refractivity contribution in [3.63, 3.8) is 0 Å². The van der Waals surface area contributed by atoms with Crippen molar-refractivity contribution in [1.82, 2.24) is 5.32 Å². The summed E-state index contributed by atoms with van der Waals surface area (Å²) in [7, 11) is 0. The predicted octanol–water partition coefficient (Wildman–Crippen LogP) is 3.34. The molecule has 3 N–H and O–H groups in total. The topological polar surface area (TPSA) is 55.1 Å². The number of halogens is 4. The van der Waals surface area contributed by atoms with Gasteiger partial charge in [-0.15, -0.1) is 0 Å². The fourth-order valence-electron chi connectivity index (χ4n) is 2.30. The van der Waals surface area contributed by atoms with Crippen molar-refractivity contribution in [2.45, 2.75) is 38.9 Å². The van der Waals surface area contributed by atoms with Gasteiger partial charge in [-0.2, -0.15) is 13.2 Å². The molecule has 0 bridgehead atoms. The van der Waals surface area contributed by atoms with Crippen LogP contribution in [0.15, 0.2) is 18.2 Å². The summed E-state index contributed by atoms with van der Waals surface area (Å²) in [6.45, 7) is 5.61. The summed E-state index contributed by atoms with van der Waals surface area (Å²) in [5.41, 5.74) is 3.10. The minimum Gasteiger partial charge on any atom is -0.346 e. The van der Waals surface area contributed by atoms with Crippen LogP contribution < -0.4 is 11.1 Å². The van der Waals surface area contributed by atoms with Crippen LogP contribution in [0.2, 0.25) is 0 Å². The Morgan fingerprint density at radius 1 is 1.32 bits per heavy atom. The molecule has 7 heteroatoms. The molecule has 0 aliphatic heterocycles. The molecule has 1 atom stereocenters. The van der Waals surface area contributed by atoms with Gasteiger partial charge in [0.05, 0.1) is 11.1 Å². The molecule has 22 heavy (non-hydrogen) atoms. The van der Waals surface area contributed by atoms with E-state index in [4.69, 9.17) is 5.73 Å².